The van der Waals surface area contributed by atoms with Crippen molar-refractivity contribution >= 4 is 13.3 Å². The third-order valence-corrected chi connectivity index (χ3v) is 8.73. The molecule has 0 aliphatic rings. The van der Waals surface area contributed by atoms with Gasteiger partial charge < -0.3 is 14.7 Å². The van der Waals surface area contributed by atoms with Gasteiger partial charge in [-0.2, -0.15) is 0 Å². The molecule has 192 valence electrons. The highest BCUT2D eigenvalue weighted by Gasteiger charge is 2.29. The van der Waals surface area contributed by atoms with E-state index >= 15 is 0 Å². The van der Waals surface area contributed by atoms with Crippen LogP contribution in [0, 0.1) is 12.7 Å². The molecule has 2 aromatic carbocycles. The Labute approximate surface area is 211 Å². The summed E-state index contributed by atoms with van der Waals surface area (Å²) < 4.78 is 32.7. The van der Waals surface area contributed by atoms with Gasteiger partial charge in [-0.25, -0.2) is 4.39 Å². The van der Waals surface area contributed by atoms with Gasteiger partial charge in [-0.05, 0) is 59.7 Å². The monoisotopic (exact) mass is 513 g/mol. The molecule has 0 amide bonds. The molecule has 0 spiro atoms. The van der Waals surface area contributed by atoms with E-state index in [0.717, 1.165) is 39.2 Å². The first-order valence-electron chi connectivity index (χ1n) is 11.9. The number of hydrogen-bond acceptors (Lipinski definition) is 5. The minimum Gasteiger partial charge on any atom is -0.481 e. The first-order valence-corrected chi connectivity index (χ1v) is 13.9. The minimum absolute atomic E-state index is 0.0442. The van der Waals surface area contributed by atoms with Gasteiger partial charge in [0, 0.05) is 24.5 Å². The fourth-order valence-corrected chi connectivity index (χ4v) is 6.23. The number of rotatable bonds is 11. The van der Waals surface area contributed by atoms with Crippen molar-refractivity contribution in [1.29, 1.82) is 0 Å². The number of aliphatic hydroxyl groups excluding tert-OH is 1. The number of carbonyl (C=O) groups is 1. The summed E-state index contributed by atoms with van der Waals surface area (Å²) in [6.45, 7) is 5.92. The molecule has 3 aromatic rings. The van der Waals surface area contributed by atoms with Crippen LogP contribution in [0.3, 0.4) is 0 Å². The molecule has 0 saturated heterocycles. The van der Waals surface area contributed by atoms with Crippen LogP contribution in [0.25, 0.3) is 22.4 Å². The maximum Gasteiger partial charge on any atom is 0.305 e. The van der Waals surface area contributed by atoms with Crippen molar-refractivity contribution in [3.05, 3.63) is 77.2 Å². The van der Waals surface area contributed by atoms with Crippen molar-refractivity contribution in [2.24, 2.45) is 0 Å². The Balaban J connectivity index is 2.12. The van der Waals surface area contributed by atoms with Crippen LogP contribution < -0.4 is 0 Å². The SMILES string of the molecule is COP(=O)(CCc1c(-c2ccc(F)cc2C)cc(-c2ccccc2)nc1C(C)C)C[C@@H](O)CC(=O)O. The second-order valence-corrected chi connectivity index (χ2v) is 12.1. The van der Waals surface area contributed by atoms with E-state index in [1.54, 1.807) is 6.07 Å². The number of pyridine rings is 1. The molecule has 0 fully saturated rings. The van der Waals surface area contributed by atoms with Crippen molar-refractivity contribution in [3.63, 3.8) is 0 Å². The van der Waals surface area contributed by atoms with Crippen molar-refractivity contribution in [2.75, 3.05) is 19.4 Å². The quantitative estimate of drug-likeness (QED) is 0.293. The lowest BCUT2D eigenvalue weighted by Gasteiger charge is -2.23. The van der Waals surface area contributed by atoms with Gasteiger partial charge in [0.05, 0.1) is 24.4 Å². The molecule has 1 aromatic heterocycles. The number of nitrogens with zero attached hydrogens (tertiary/aromatic N) is 1. The lowest BCUT2D eigenvalue weighted by Crippen LogP contribution is -2.19. The predicted molar refractivity (Wildman–Crippen MR) is 140 cm³/mol. The topological polar surface area (TPSA) is 96.7 Å². The van der Waals surface area contributed by atoms with E-state index in [4.69, 9.17) is 14.6 Å². The predicted octanol–water partition coefficient (Wildman–Crippen LogP) is 6.29. The largest absolute Gasteiger partial charge is 0.481 e. The molecule has 2 N–H and O–H groups in total. The van der Waals surface area contributed by atoms with Crippen LogP contribution >= 0.6 is 7.37 Å². The van der Waals surface area contributed by atoms with Gasteiger partial charge in [-0.15, -0.1) is 0 Å². The van der Waals surface area contributed by atoms with Crippen LogP contribution in [-0.2, 0) is 20.3 Å². The van der Waals surface area contributed by atoms with Gasteiger partial charge >= 0.3 is 5.97 Å². The summed E-state index contributed by atoms with van der Waals surface area (Å²) in [5.74, 6) is -1.44. The third kappa shape index (κ3) is 6.88. The zero-order valence-electron chi connectivity index (χ0n) is 21.1. The maximum absolute atomic E-state index is 13.9. The summed E-state index contributed by atoms with van der Waals surface area (Å²) in [4.78, 5) is 15.9. The van der Waals surface area contributed by atoms with E-state index in [0.29, 0.717) is 6.42 Å². The van der Waals surface area contributed by atoms with Gasteiger partial charge in [0.15, 0.2) is 0 Å². The molecule has 1 unspecified atom stereocenters. The summed E-state index contributed by atoms with van der Waals surface area (Å²) >= 11 is 0. The van der Waals surface area contributed by atoms with Gasteiger partial charge in [-0.3, -0.25) is 14.3 Å². The number of aryl methyl sites for hydroxylation is 1. The first kappa shape index (κ1) is 27.7. The molecule has 8 heteroatoms. The fourth-order valence-electron chi connectivity index (χ4n) is 4.38. The maximum atomic E-state index is 13.9. The molecule has 0 bridgehead atoms. The van der Waals surface area contributed by atoms with E-state index in [2.05, 4.69) is 0 Å². The standard InChI is InChI=1S/C28H33FNO5P/c1-18(2)28-24(12-13-36(34,35-4)17-22(31)15-27(32)33)25(23-11-10-21(29)14-19(23)3)16-26(30-28)20-8-6-5-7-9-20/h5-11,14,16,18,22,31H,12-13,15,17H2,1-4H3,(H,32,33)/t22-,36?/m0/s1. The van der Waals surface area contributed by atoms with E-state index in [1.165, 1.54) is 19.2 Å². The number of aliphatic hydroxyl groups is 1. The lowest BCUT2D eigenvalue weighted by molar-refractivity contribution is -0.138. The van der Waals surface area contributed by atoms with E-state index in [1.807, 2.05) is 57.2 Å². The van der Waals surface area contributed by atoms with E-state index in [9.17, 15) is 18.9 Å². The second-order valence-electron chi connectivity index (χ2n) is 9.30. The van der Waals surface area contributed by atoms with E-state index in [-0.39, 0.29) is 24.1 Å². The van der Waals surface area contributed by atoms with Gasteiger partial charge in [0.1, 0.15) is 5.82 Å². The Morgan fingerprint density at radius 1 is 1.11 bits per heavy atom. The lowest BCUT2D eigenvalue weighted by atomic mass is 9.89. The first-order chi connectivity index (χ1) is 17.0. The normalized spacial score (nSPS) is 14.0. The number of carboxylic acids is 1. The Bertz CT molecular complexity index is 1260. The average molecular weight is 514 g/mol. The number of halogens is 1. The molecule has 3 rings (SSSR count). The molecule has 0 aliphatic carbocycles. The van der Waals surface area contributed by atoms with Crippen LogP contribution in [0.5, 0.6) is 0 Å². The Hall–Kier alpha value is -2.86. The zero-order valence-corrected chi connectivity index (χ0v) is 22.0. The van der Waals surface area contributed by atoms with Gasteiger partial charge in [0.25, 0.3) is 0 Å². The highest BCUT2D eigenvalue weighted by atomic mass is 31.2. The van der Waals surface area contributed by atoms with E-state index < -0.39 is 25.9 Å². The number of carboxylic acid groups (broad SMARTS) is 1. The molecule has 6 nitrogen and oxygen atoms in total. The van der Waals surface area contributed by atoms with Crippen LogP contribution in [0.15, 0.2) is 54.6 Å². The van der Waals surface area contributed by atoms with Crippen molar-refractivity contribution < 1.29 is 28.5 Å². The van der Waals surface area contributed by atoms with Crippen molar-refractivity contribution in [1.82, 2.24) is 4.98 Å². The second kappa shape index (κ2) is 11.9. The average Bonchev–Trinajstić information content (AvgIpc) is 2.82. The molecule has 36 heavy (non-hydrogen) atoms. The highest BCUT2D eigenvalue weighted by Crippen LogP contribution is 2.48. The summed E-state index contributed by atoms with van der Waals surface area (Å²) in [6.07, 6.45) is -1.56. The number of aromatic nitrogens is 1. The fraction of sp³-hybridized carbons (Fsp3) is 0.357. The van der Waals surface area contributed by atoms with Crippen LogP contribution in [0.1, 0.15) is 43.0 Å². The summed E-state index contributed by atoms with van der Waals surface area (Å²) in [7, 11) is -2.01. The number of aliphatic carboxylic acids is 1. The molecule has 0 aliphatic heterocycles. The molecule has 0 radical (unpaired) electrons. The molecule has 1 heterocycles. The molecule has 2 atom stereocenters. The summed E-state index contributed by atoms with van der Waals surface area (Å²) in [6, 6.07) is 16.4. The summed E-state index contributed by atoms with van der Waals surface area (Å²) in [5.41, 5.74) is 5.95. The zero-order chi connectivity index (χ0) is 26.5. The summed E-state index contributed by atoms with van der Waals surface area (Å²) in [5, 5.41) is 19.1. The minimum atomic E-state index is -3.33. The van der Waals surface area contributed by atoms with Gasteiger partial charge in [-0.1, -0.05) is 50.2 Å². The Morgan fingerprint density at radius 2 is 1.81 bits per heavy atom. The Kier molecular flexibility index (Phi) is 9.18. The van der Waals surface area contributed by atoms with Crippen LogP contribution in [-0.4, -0.2) is 46.7 Å². The Morgan fingerprint density at radius 3 is 2.39 bits per heavy atom. The molecular weight excluding hydrogens is 480 g/mol. The van der Waals surface area contributed by atoms with Crippen molar-refractivity contribution in [2.45, 2.75) is 45.6 Å². The van der Waals surface area contributed by atoms with Crippen molar-refractivity contribution in [3.8, 4) is 22.4 Å². The smallest absolute Gasteiger partial charge is 0.305 e. The van der Waals surface area contributed by atoms with Crippen LogP contribution in [0.4, 0.5) is 4.39 Å². The van der Waals surface area contributed by atoms with Crippen LogP contribution in [0.2, 0.25) is 0 Å². The van der Waals surface area contributed by atoms with Gasteiger partial charge in [0.2, 0.25) is 7.37 Å². The molecule has 0 saturated carbocycles. The number of hydrogen-bond donors (Lipinski definition) is 2. The molecular formula is C28H33FNO5P. The highest BCUT2D eigenvalue weighted by molar-refractivity contribution is 7.59. The third-order valence-electron chi connectivity index (χ3n) is 6.19. The number of benzene rings is 2.